The molecule has 1 saturated heterocycles. The van der Waals surface area contributed by atoms with Crippen LogP contribution in [0.25, 0.3) is 11.0 Å². The molecule has 3 rings (SSSR count). The third-order valence-corrected chi connectivity index (χ3v) is 5.37. The molecule has 27 heavy (non-hydrogen) atoms. The largest absolute Gasteiger partial charge is 0.356 e. The van der Waals surface area contributed by atoms with E-state index in [4.69, 9.17) is 0 Å². The van der Waals surface area contributed by atoms with Gasteiger partial charge in [-0.1, -0.05) is 26.0 Å². The molecule has 0 aliphatic carbocycles. The molecule has 6 nitrogen and oxygen atoms in total. The number of carbonyl (C=O) groups is 2. The number of aromatic nitrogens is 2. The van der Waals surface area contributed by atoms with Crippen LogP contribution in [-0.4, -0.2) is 45.9 Å². The molecule has 1 aliphatic rings. The van der Waals surface area contributed by atoms with Gasteiger partial charge in [0, 0.05) is 38.0 Å². The number of benzene rings is 1. The second-order valence-electron chi connectivity index (χ2n) is 7.70. The zero-order valence-electron chi connectivity index (χ0n) is 16.6. The van der Waals surface area contributed by atoms with Crippen molar-refractivity contribution in [2.24, 2.45) is 11.8 Å². The number of para-hydroxylation sites is 2. The van der Waals surface area contributed by atoms with Crippen molar-refractivity contribution in [1.29, 1.82) is 0 Å². The smallest absolute Gasteiger partial charge is 0.225 e. The summed E-state index contributed by atoms with van der Waals surface area (Å²) in [5.41, 5.74) is 2.16. The monoisotopic (exact) mass is 370 g/mol. The quantitative estimate of drug-likeness (QED) is 0.795. The second-order valence-corrected chi connectivity index (χ2v) is 7.70. The molecule has 0 spiro atoms. The minimum Gasteiger partial charge on any atom is -0.356 e. The van der Waals surface area contributed by atoms with Crippen LogP contribution in [0.1, 0.15) is 38.9 Å². The highest BCUT2D eigenvalue weighted by Gasteiger charge is 2.27. The molecule has 1 N–H and O–H groups in total. The zero-order valence-corrected chi connectivity index (χ0v) is 16.6. The molecule has 2 heterocycles. The lowest BCUT2D eigenvalue weighted by Gasteiger charge is -2.32. The summed E-state index contributed by atoms with van der Waals surface area (Å²) in [5, 5.41) is 3.07. The van der Waals surface area contributed by atoms with Gasteiger partial charge in [-0.25, -0.2) is 4.98 Å². The number of piperidine rings is 1. The Labute approximate surface area is 160 Å². The molecule has 0 atom stereocenters. The fourth-order valence-electron chi connectivity index (χ4n) is 3.80. The minimum absolute atomic E-state index is 0.0250. The Morgan fingerprint density at radius 3 is 2.63 bits per heavy atom. The lowest BCUT2D eigenvalue weighted by molar-refractivity contribution is -0.138. The van der Waals surface area contributed by atoms with E-state index in [0.717, 1.165) is 42.7 Å². The Kier molecular flexibility index (Phi) is 6.14. The summed E-state index contributed by atoms with van der Waals surface area (Å²) >= 11 is 0. The van der Waals surface area contributed by atoms with Gasteiger partial charge in [0.1, 0.15) is 5.82 Å². The third-order valence-electron chi connectivity index (χ3n) is 5.37. The Morgan fingerprint density at radius 2 is 1.93 bits per heavy atom. The van der Waals surface area contributed by atoms with Gasteiger partial charge in [0.2, 0.25) is 11.8 Å². The van der Waals surface area contributed by atoms with Gasteiger partial charge in [-0.15, -0.1) is 0 Å². The molecular weight excluding hydrogens is 340 g/mol. The van der Waals surface area contributed by atoms with Crippen LogP contribution in [-0.2, 0) is 16.1 Å². The van der Waals surface area contributed by atoms with Crippen LogP contribution in [0.4, 0.5) is 0 Å². The fraction of sp³-hybridized carbons (Fsp3) is 0.571. The van der Waals surface area contributed by atoms with E-state index in [2.05, 4.69) is 20.9 Å². The number of amides is 2. The summed E-state index contributed by atoms with van der Waals surface area (Å²) in [7, 11) is 0. The summed E-state index contributed by atoms with van der Waals surface area (Å²) in [6.07, 6.45) is 2.39. The van der Waals surface area contributed by atoms with Crippen LogP contribution >= 0.6 is 0 Å². The molecule has 1 aromatic carbocycles. The Hall–Kier alpha value is -2.37. The average Bonchev–Trinajstić information content (AvgIpc) is 2.99. The fourth-order valence-corrected chi connectivity index (χ4v) is 3.80. The van der Waals surface area contributed by atoms with E-state index in [-0.39, 0.29) is 23.7 Å². The number of likely N-dealkylation sites (tertiary alicyclic amines) is 1. The summed E-state index contributed by atoms with van der Waals surface area (Å²) in [6, 6.07) is 8.13. The lowest BCUT2D eigenvalue weighted by atomic mass is 9.95. The van der Waals surface area contributed by atoms with E-state index >= 15 is 0 Å². The molecule has 2 amide bonds. The van der Waals surface area contributed by atoms with Crippen molar-refractivity contribution in [3.05, 3.63) is 30.1 Å². The third kappa shape index (κ3) is 4.49. The number of nitrogens with zero attached hydrogens (tertiary/aromatic N) is 3. The molecule has 0 radical (unpaired) electrons. The van der Waals surface area contributed by atoms with Crippen molar-refractivity contribution in [2.45, 2.75) is 46.6 Å². The highest BCUT2D eigenvalue weighted by molar-refractivity contribution is 5.80. The van der Waals surface area contributed by atoms with E-state index in [0.29, 0.717) is 19.6 Å². The SMILES string of the molecule is Cc1nc2ccccc2n1CCCNC(=O)C1CCN(C(=O)C(C)C)CC1. The predicted molar refractivity (Wildman–Crippen MR) is 106 cm³/mol. The standard InChI is InChI=1S/C21H30N4O2/c1-15(2)21(27)24-13-9-17(10-14-24)20(26)22-11-6-12-25-16(3)23-18-7-4-5-8-19(18)25/h4-5,7-8,15,17H,6,9-14H2,1-3H3,(H,22,26). The van der Waals surface area contributed by atoms with Crippen molar-refractivity contribution in [3.8, 4) is 0 Å². The van der Waals surface area contributed by atoms with Gasteiger partial charge in [-0.3, -0.25) is 9.59 Å². The normalized spacial score (nSPS) is 15.5. The van der Waals surface area contributed by atoms with E-state index in [9.17, 15) is 9.59 Å². The molecule has 1 fully saturated rings. The first-order chi connectivity index (χ1) is 13.0. The van der Waals surface area contributed by atoms with Crippen molar-refractivity contribution in [2.75, 3.05) is 19.6 Å². The Balaban J connectivity index is 1.42. The number of rotatable bonds is 6. The number of carbonyl (C=O) groups excluding carboxylic acids is 2. The van der Waals surface area contributed by atoms with Crippen LogP contribution in [0, 0.1) is 18.8 Å². The summed E-state index contributed by atoms with van der Waals surface area (Å²) in [4.78, 5) is 30.9. The zero-order chi connectivity index (χ0) is 19.4. The molecule has 146 valence electrons. The topological polar surface area (TPSA) is 67.2 Å². The minimum atomic E-state index is 0.0250. The van der Waals surface area contributed by atoms with Crippen LogP contribution in [0.2, 0.25) is 0 Å². The second kappa shape index (κ2) is 8.55. The van der Waals surface area contributed by atoms with Gasteiger partial charge >= 0.3 is 0 Å². The molecule has 0 unspecified atom stereocenters. The average molecular weight is 370 g/mol. The summed E-state index contributed by atoms with van der Waals surface area (Å²) < 4.78 is 2.21. The van der Waals surface area contributed by atoms with Crippen LogP contribution in [0.3, 0.4) is 0 Å². The maximum absolute atomic E-state index is 12.4. The van der Waals surface area contributed by atoms with Gasteiger partial charge in [0.25, 0.3) is 0 Å². The highest BCUT2D eigenvalue weighted by Crippen LogP contribution is 2.19. The van der Waals surface area contributed by atoms with E-state index in [1.165, 1.54) is 0 Å². The van der Waals surface area contributed by atoms with Crippen LogP contribution in [0.5, 0.6) is 0 Å². The van der Waals surface area contributed by atoms with Gasteiger partial charge < -0.3 is 14.8 Å². The first-order valence-electron chi connectivity index (χ1n) is 9.95. The number of hydrogen-bond acceptors (Lipinski definition) is 3. The van der Waals surface area contributed by atoms with Gasteiger partial charge in [0.05, 0.1) is 11.0 Å². The predicted octanol–water partition coefficient (Wildman–Crippen LogP) is 2.75. The molecule has 0 bridgehead atoms. The first kappa shape index (κ1) is 19.4. The molecule has 1 aromatic heterocycles. The first-order valence-corrected chi connectivity index (χ1v) is 9.95. The molecule has 0 saturated carbocycles. The summed E-state index contributed by atoms with van der Waals surface area (Å²) in [5.74, 6) is 1.37. The molecular formula is C21H30N4O2. The lowest BCUT2D eigenvalue weighted by Crippen LogP contribution is -2.44. The molecule has 2 aromatic rings. The van der Waals surface area contributed by atoms with Gasteiger partial charge in [-0.2, -0.15) is 0 Å². The molecule has 6 heteroatoms. The Morgan fingerprint density at radius 1 is 1.22 bits per heavy atom. The van der Waals surface area contributed by atoms with Crippen LogP contribution in [0.15, 0.2) is 24.3 Å². The van der Waals surface area contributed by atoms with Crippen LogP contribution < -0.4 is 5.32 Å². The van der Waals surface area contributed by atoms with Crippen molar-refractivity contribution >= 4 is 22.8 Å². The van der Waals surface area contributed by atoms with Crippen molar-refractivity contribution < 1.29 is 9.59 Å². The number of nitrogens with one attached hydrogen (secondary N) is 1. The highest BCUT2D eigenvalue weighted by atomic mass is 16.2. The maximum atomic E-state index is 12.4. The van der Waals surface area contributed by atoms with E-state index in [1.807, 2.05) is 43.9 Å². The maximum Gasteiger partial charge on any atom is 0.225 e. The number of imidazole rings is 1. The molecule has 1 aliphatic heterocycles. The number of aryl methyl sites for hydroxylation is 2. The number of hydrogen-bond donors (Lipinski definition) is 1. The summed E-state index contributed by atoms with van der Waals surface area (Å²) in [6.45, 7) is 8.75. The van der Waals surface area contributed by atoms with E-state index < -0.39 is 0 Å². The van der Waals surface area contributed by atoms with Crippen molar-refractivity contribution in [1.82, 2.24) is 19.8 Å². The van der Waals surface area contributed by atoms with E-state index in [1.54, 1.807) is 0 Å². The van der Waals surface area contributed by atoms with Gasteiger partial charge in [-0.05, 0) is 38.3 Å². The Bertz CT molecular complexity index is 804. The van der Waals surface area contributed by atoms with Crippen molar-refractivity contribution in [3.63, 3.8) is 0 Å². The van der Waals surface area contributed by atoms with Gasteiger partial charge in [0.15, 0.2) is 0 Å². The number of fused-ring (bicyclic) bond motifs is 1.